The van der Waals surface area contributed by atoms with Gasteiger partial charge in [-0.25, -0.2) is 8.78 Å². The lowest BCUT2D eigenvalue weighted by Crippen LogP contribution is -2.53. The van der Waals surface area contributed by atoms with Crippen LogP contribution in [0.3, 0.4) is 0 Å². The van der Waals surface area contributed by atoms with Crippen molar-refractivity contribution in [2.75, 3.05) is 31.1 Å². The molecule has 31 heavy (non-hydrogen) atoms. The molecule has 1 saturated heterocycles. The number of nitrogens with one attached hydrogen (secondary N) is 1. The number of nitrogens with zero attached hydrogens (tertiary/aromatic N) is 2. The summed E-state index contributed by atoms with van der Waals surface area (Å²) in [5.41, 5.74) is 1.07. The highest BCUT2D eigenvalue weighted by atomic mass is 19.1. The number of hydrogen-bond acceptors (Lipinski definition) is 4. The van der Waals surface area contributed by atoms with Gasteiger partial charge in [0.05, 0.1) is 18.8 Å². The fraction of sp³-hybridized carbons (Fsp3) is 0.391. The first kappa shape index (κ1) is 21.1. The van der Waals surface area contributed by atoms with Gasteiger partial charge in [0.15, 0.2) is 6.10 Å². The Morgan fingerprint density at radius 1 is 1.03 bits per heavy atom. The van der Waals surface area contributed by atoms with Gasteiger partial charge in [0.2, 0.25) is 5.91 Å². The van der Waals surface area contributed by atoms with Crippen molar-refractivity contribution in [2.45, 2.75) is 31.9 Å². The van der Waals surface area contributed by atoms with Crippen molar-refractivity contribution in [1.82, 2.24) is 10.2 Å². The maximum absolute atomic E-state index is 13.4. The van der Waals surface area contributed by atoms with Gasteiger partial charge < -0.3 is 19.9 Å². The minimum atomic E-state index is -0.689. The van der Waals surface area contributed by atoms with Crippen molar-refractivity contribution in [3.8, 4) is 5.75 Å². The molecule has 1 N–H and O–H groups in total. The Morgan fingerprint density at radius 3 is 2.48 bits per heavy atom. The highest BCUT2D eigenvalue weighted by Crippen LogP contribution is 2.33. The highest BCUT2D eigenvalue weighted by molar-refractivity contribution is 5.86. The van der Waals surface area contributed by atoms with Crippen molar-refractivity contribution < 1.29 is 23.1 Å². The third kappa shape index (κ3) is 5.13. The second kappa shape index (κ2) is 9.32. The number of fused-ring (bicyclic) bond motifs is 1. The molecule has 2 heterocycles. The van der Waals surface area contributed by atoms with Crippen molar-refractivity contribution in [2.24, 2.45) is 0 Å². The molecule has 2 aromatic rings. The summed E-state index contributed by atoms with van der Waals surface area (Å²) in [6.45, 7) is 1.72. The second-order valence-electron chi connectivity index (χ2n) is 7.90. The van der Waals surface area contributed by atoms with Gasteiger partial charge in [-0.15, -0.1) is 0 Å². The van der Waals surface area contributed by atoms with E-state index < -0.39 is 17.7 Å². The van der Waals surface area contributed by atoms with Crippen molar-refractivity contribution in [3.63, 3.8) is 0 Å². The molecule has 2 aromatic carbocycles. The number of carbonyl (C=O) groups excluding carboxylic acids is 2. The fourth-order valence-corrected chi connectivity index (χ4v) is 4.05. The summed E-state index contributed by atoms with van der Waals surface area (Å²) in [5, 5.41) is 2.69. The van der Waals surface area contributed by atoms with E-state index in [-0.39, 0.29) is 31.4 Å². The second-order valence-corrected chi connectivity index (χ2v) is 7.90. The topological polar surface area (TPSA) is 61.9 Å². The maximum atomic E-state index is 13.4. The van der Waals surface area contributed by atoms with Crippen LogP contribution in [0.5, 0.6) is 5.75 Å². The third-order valence-electron chi connectivity index (χ3n) is 5.55. The molecule has 0 aromatic heterocycles. The van der Waals surface area contributed by atoms with E-state index in [0.717, 1.165) is 44.1 Å². The average Bonchev–Trinajstić information content (AvgIpc) is 2.77. The fourth-order valence-electron chi connectivity index (χ4n) is 4.05. The molecule has 2 aliphatic rings. The summed E-state index contributed by atoms with van der Waals surface area (Å²) in [7, 11) is 0. The van der Waals surface area contributed by atoms with Gasteiger partial charge in [0, 0.05) is 25.7 Å². The zero-order valence-electron chi connectivity index (χ0n) is 17.2. The van der Waals surface area contributed by atoms with Crippen LogP contribution < -0.4 is 15.0 Å². The molecule has 6 nitrogen and oxygen atoms in total. The number of carbonyl (C=O) groups is 2. The monoisotopic (exact) mass is 429 g/mol. The average molecular weight is 429 g/mol. The molecule has 0 spiro atoms. The first-order chi connectivity index (χ1) is 15.0. The van der Waals surface area contributed by atoms with Crippen LogP contribution in [-0.2, 0) is 16.1 Å². The number of piperidine rings is 1. The number of anilines is 1. The van der Waals surface area contributed by atoms with Crippen LogP contribution in [0.1, 0.15) is 24.8 Å². The molecule has 1 unspecified atom stereocenters. The molecular formula is C23H25F2N3O3. The molecule has 0 radical (unpaired) electrons. The van der Waals surface area contributed by atoms with Gasteiger partial charge in [-0.05, 0) is 49.1 Å². The third-order valence-corrected chi connectivity index (χ3v) is 5.55. The molecule has 1 atom stereocenters. The van der Waals surface area contributed by atoms with Crippen LogP contribution in [0.25, 0.3) is 0 Å². The molecule has 4 rings (SSSR count). The number of hydrogen-bond donors (Lipinski definition) is 1. The Labute approximate surface area is 179 Å². The Balaban J connectivity index is 1.43. The molecule has 2 aliphatic heterocycles. The largest absolute Gasteiger partial charge is 0.477 e. The predicted octanol–water partition coefficient (Wildman–Crippen LogP) is 2.86. The minimum Gasteiger partial charge on any atom is -0.477 e. The lowest BCUT2D eigenvalue weighted by molar-refractivity contribution is -0.139. The summed E-state index contributed by atoms with van der Waals surface area (Å²) >= 11 is 0. The molecule has 2 amide bonds. The summed E-state index contributed by atoms with van der Waals surface area (Å²) in [6, 6.07) is 10.4. The van der Waals surface area contributed by atoms with Crippen molar-refractivity contribution >= 4 is 17.5 Å². The first-order valence-corrected chi connectivity index (χ1v) is 10.5. The van der Waals surface area contributed by atoms with Crippen LogP contribution in [-0.4, -0.2) is 49.0 Å². The standard InChI is InChI=1S/C23H25F2N3O3/c24-17-10-16(11-18(25)12-17)13-26-22(29)15-28-14-21(23(30)27-8-4-1-5-9-27)31-20-7-3-2-6-19(20)28/h2-3,6-7,10-12,21H,1,4-5,8-9,13-15H2,(H,26,29). The Hall–Kier alpha value is -3.16. The van der Waals surface area contributed by atoms with E-state index in [1.807, 2.05) is 28.0 Å². The minimum absolute atomic E-state index is 0.00194. The number of benzene rings is 2. The summed E-state index contributed by atoms with van der Waals surface area (Å²) in [5.74, 6) is -1.19. The zero-order chi connectivity index (χ0) is 21.8. The number of halogens is 2. The molecule has 0 aliphatic carbocycles. The Kier molecular flexibility index (Phi) is 6.34. The van der Waals surface area contributed by atoms with Gasteiger partial charge in [-0.2, -0.15) is 0 Å². The van der Waals surface area contributed by atoms with E-state index in [9.17, 15) is 18.4 Å². The molecule has 1 fully saturated rings. The van der Waals surface area contributed by atoms with E-state index in [0.29, 0.717) is 11.3 Å². The normalized spacial score (nSPS) is 18.2. The summed E-state index contributed by atoms with van der Waals surface area (Å²) in [4.78, 5) is 29.2. The van der Waals surface area contributed by atoms with Crippen LogP contribution in [0, 0.1) is 11.6 Å². The van der Waals surface area contributed by atoms with Gasteiger partial charge in [-0.1, -0.05) is 12.1 Å². The van der Waals surface area contributed by atoms with E-state index in [1.165, 1.54) is 12.1 Å². The number of para-hydroxylation sites is 2. The van der Waals surface area contributed by atoms with Crippen LogP contribution in [0.4, 0.5) is 14.5 Å². The molecule has 8 heteroatoms. The zero-order valence-corrected chi connectivity index (χ0v) is 17.2. The molecular weight excluding hydrogens is 404 g/mol. The SMILES string of the molecule is O=C(CN1CC(C(=O)N2CCCCC2)Oc2ccccc21)NCc1cc(F)cc(F)c1. The summed E-state index contributed by atoms with van der Waals surface area (Å²) < 4.78 is 32.7. The number of amides is 2. The quantitative estimate of drug-likeness (QED) is 0.794. The van der Waals surface area contributed by atoms with E-state index >= 15 is 0 Å². The number of likely N-dealkylation sites (tertiary alicyclic amines) is 1. The smallest absolute Gasteiger partial charge is 0.265 e. The predicted molar refractivity (Wildman–Crippen MR) is 112 cm³/mol. The van der Waals surface area contributed by atoms with E-state index in [1.54, 1.807) is 6.07 Å². The first-order valence-electron chi connectivity index (χ1n) is 10.5. The Bertz CT molecular complexity index is 943. The van der Waals surface area contributed by atoms with E-state index in [2.05, 4.69) is 5.32 Å². The van der Waals surface area contributed by atoms with Gasteiger partial charge in [0.25, 0.3) is 5.91 Å². The lowest BCUT2D eigenvalue weighted by Gasteiger charge is -2.38. The Morgan fingerprint density at radius 2 is 1.74 bits per heavy atom. The van der Waals surface area contributed by atoms with Crippen LogP contribution in [0.2, 0.25) is 0 Å². The lowest BCUT2D eigenvalue weighted by atomic mass is 10.1. The van der Waals surface area contributed by atoms with Crippen LogP contribution >= 0.6 is 0 Å². The number of rotatable bonds is 5. The molecule has 0 bridgehead atoms. The van der Waals surface area contributed by atoms with Gasteiger partial charge >= 0.3 is 0 Å². The van der Waals surface area contributed by atoms with Crippen LogP contribution in [0.15, 0.2) is 42.5 Å². The molecule has 164 valence electrons. The van der Waals surface area contributed by atoms with E-state index in [4.69, 9.17) is 4.74 Å². The molecule has 0 saturated carbocycles. The van der Waals surface area contributed by atoms with Crippen molar-refractivity contribution in [1.29, 1.82) is 0 Å². The van der Waals surface area contributed by atoms with Gasteiger partial charge in [0.1, 0.15) is 17.4 Å². The maximum Gasteiger partial charge on any atom is 0.265 e. The number of ether oxygens (including phenoxy) is 1. The summed E-state index contributed by atoms with van der Waals surface area (Å²) in [6.07, 6.45) is 2.42. The highest BCUT2D eigenvalue weighted by Gasteiger charge is 2.34. The van der Waals surface area contributed by atoms with Gasteiger partial charge in [-0.3, -0.25) is 9.59 Å². The van der Waals surface area contributed by atoms with Crippen molar-refractivity contribution in [3.05, 3.63) is 59.7 Å².